The summed E-state index contributed by atoms with van der Waals surface area (Å²) >= 11 is 1.82. The molecule has 116 valence electrons. The Labute approximate surface area is 133 Å². The van der Waals surface area contributed by atoms with E-state index in [4.69, 9.17) is 15.2 Å². The molecule has 0 aliphatic heterocycles. The van der Waals surface area contributed by atoms with Gasteiger partial charge in [-0.25, -0.2) is 0 Å². The normalized spacial score (nSPS) is 11.7. The molecule has 0 fully saturated rings. The van der Waals surface area contributed by atoms with E-state index in [2.05, 4.69) is 19.1 Å². The molecule has 0 heterocycles. The van der Waals surface area contributed by atoms with Gasteiger partial charge in [-0.15, -0.1) is 24.2 Å². The number of nitrogens with two attached hydrogens (primary N) is 1. The largest absolute Gasteiger partial charge is 0.496 e. The summed E-state index contributed by atoms with van der Waals surface area (Å²) in [6.45, 7) is 4.19. The van der Waals surface area contributed by atoms with E-state index >= 15 is 0 Å². The maximum absolute atomic E-state index is 5.87. The monoisotopic (exact) mass is 319 g/mol. The summed E-state index contributed by atoms with van der Waals surface area (Å²) in [6, 6.07) is 4.23. The minimum atomic E-state index is 0. The molecule has 1 aromatic rings. The van der Waals surface area contributed by atoms with Gasteiger partial charge >= 0.3 is 0 Å². The number of halogens is 1. The van der Waals surface area contributed by atoms with E-state index in [1.165, 1.54) is 12.8 Å². The highest BCUT2D eigenvalue weighted by Crippen LogP contribution is 2.36. The van der Waals surface area contributed by atoms with Crippen molar-refractivity contribution in [2.45, 2.75) is 44.0 Å². The van der Waals surface area contributed by atoms with Crippen LogP contribution < -0.4 is 15.2 Å². The van der Waals surface area contributed by atoms with Gasteiger partial charge in [0.05, 0.1) is 19.1 Å². The third-order valence-electron chi connectivity index (χ3n) is 2.86. The molecular formula is C15H26ClNO2S. The lowest BCUT2D eigenvalue weighted by Gasteiger charge is -2.15. The van der Waals surface area contributed by atoms with Crippen LogP contribution in [0.25, 0.3) is 0 Å². The van der Waals surface area contributed by atoms with Gasteiger partial charge in [0.2, 0.25) is 0 Å². The lowest BCUT2D eigenvalue weighted by Crippen LogP contribution is -2.18. The fourth-order valence-electron chi connectivity index (χ4n) is 1.88. The molecular weight excluding hydrogens is 294 g/mol. The van der Waals surface area contributed by atoms with Crippen LogP contribution in [0.1, 0.15) is 32.3 Å². The fourth-order valence-corrected chi connectivity index (χ4v) is 3.01. The Morgan fingerprint density at radius 2 is 1.85 bits per heavy atom. The minimum absolute atomic E-state index is 0. The third kappa shape index (κ3) is 5.81. The van der Waals surface area contributed by atoms with Gasteiger partial charge in [0.1, 0.15) is 11.5 Å². The smallest absolute Gasteiger partial charge is 0.132 e. The van der Waals surface area contributed by atoms with E-state index in [0.717, 1.165) is 34.1 Å². The number of ether oxygens (including phenoxy) is 2. The van der Waals surface area contributed by atoms with Crippen LogP contribution in [0.4, 0.5) is 0 Å². The van der Waals surface area contributed by atoms with Gasteiger partial charge in [-0.1, -0.05) is 13.3 Å². The summed E-state index contributed by atoms with van der Waals surface area (Å²) in [4.78, 5) is 1.14. The number of hydrogen-bond acceptors (Lipinski definition) is 4. The van der Waals surface area contributed by atoms with Crippen LogP contribution in [-0.4, -0.2) is 26.0 Å². The molecule has 0 bridgehead atoms. The molecule has 0 saturated carbocycles. The van der Waals surface area contributed by atoms with E-state index in [1.807, 2.05) is 18.7 Å². The maximum atomic E-state index is 5.87. The Morgan fingerprint density at radius 1 is 1.20 bits per heavy atom. The highest BCUT2D eigenvalue weighted by Gasteiger charge is 2.12. The first-order chi connectivity index (χ1) is 9.12. The van der Waals surface area contributed by atoms with Gasteiger partial charge in [-0.3, -0.25) is 0 Å². The summed E-state index contributed by atoms with van der Waals surface area (Å²) in [5.74, 6) is 2.91. The van der Waals surface area contributed by atoms with Gasteiger partial charge in [-0.05, 0) is 43.2 Å². The number of benzene rings is 1. The Morgan fingerprint density at radius 3 is 2.35 bits per heavy atom. The molecule has 0 spiro atoms. The first-order valence-corrected chi connectivity index (χ1v) is 7.74. The molecule has 3 nitrogen and oxygen atoms in total. The number of hydrogen-bond donors (Lipinski definition) is 1. The van der Waals surface area contributed by atoms with Crippen molar-refractivity contribution in [1.29, 1.82) is 0 Å². The maximum Gasteiger partial charge on any atom is 0.132 e. The predicted octanol–water partition coefficient (Wildman–Crippen LogP) is 3.91. The summed E-state index contributed by atoms with van der Waals surface area (Å²) in [5.41, 5.74) is 6.98. The average Bonchev–Trinajstić information content (AvgIpc) is 2.39. The van der Waals surface area contributed by atoms with Crippen LogP contribution in [0.15, 0.2) is 17.0 Å². The molecule has 2 N–H and O–H groups in total. The van der Waals surface area contributed by atoms with Gasteiger partial charge in [0.25, 0.3) is 0 Å². The number of methoxy groups -OCH3 is 2. The third-order valence-corrected chi connectivity index (χ3v) is 3.99. The standard InChI is InChI=1S/C15H25NO2S.ClH/c1-5-6-7-19-15-10-13(17-3)12(8-11(2)16)9-14(15)18-4;/h9-11H,5-8,16H2,1-4H3;1H. The second-order valence-electron chi connectivity index (χ2n) is 4.70. The second-order valence-corrected chi connectivity index (χ2v) is 5.84. The predicted molar refractivity (Wildman–Crippen MR) is 89.8 cm³/mol. The van der Waals surface area contributed by atoms with Crippen molar-refractivity contribution >= 4 is 24.2 Å². The van der Waals surface area contributed by atoms with Crippen LogP contribution in [0.2, 0.25) is 0 Å². The summed E-state index contributed by atoms with van der Waals surface area (Å²) < 4.78 is 10.9. The second kappa shape index (κ2) is 10.2. The van der Waals surface area contributed by atoms with Gasteiger partial charge in [0.15, 0.2) is 0 Å². The zero-order valence-corrected chi connectivity index (χ0v) is 14.4. The van der Waals surface area contributed by atoms with Crippen LogP contribution in [0, 0.1) is 0 Å². The van der Waals surface area contributed by atoms with Crippen molar-refractivity contribution in [3.63, 3.8) is 0 Å². The highest BCUT2D eigenvalue weighted by molar-refractivity contribution is 7.99. The Hall–Kier alpha value is -0.580. The van der Waals surface area contributed by atoms with Crippen molar-refractivity contribution < 1.29 is 9.47 Å². The van der Waals surface area contributed by atoms with E-state index < -0.39 is 0 Å². The molecule has 20 heavy (non-hydrogen) atoms. The molecule has 0 radical (unpaired) electrons. The molecule has 0 aliphatic rings. The highest BCUT2D eigenvalue weighted by atomic mass is 35.5. The Bertz CT molecular complexity index is 400. The molecule has 0 aromatic heterocycles. The Kier molecular flexibility index (Phi) is 9.90. The Balaban J connectivity index is 0.00000361. The quantitative estimate of drug-likeness (QED) is 0.583. The summed E-state index contributed by atoms with van der Waals surface area (Å²) in [7, 11) is 3.41. The van der Waals surface area contributed by atoms with E-state index in [9.17, 15) is 0 Å². The lowest BCUT2D eigenvalue weighted by atomic mass is 10.1. The molecule has 1 aromatic carbocycles. The zero-order valence-electron chi connectivity index (χ0n) is 12.8. The molecule has 5 heteroatoms. The van der Waals surface area contributed by atoms with Crippen molar-refractivity contribution in [2.24, 2.45) is 5.73 Å². The number of unbranched alkanes of at least 4 members (excludes halogenated alkanes) is 1. The fraction of sp³-hybridized carbons (Fsp3) is 0.600. The van der Waals surface area contributed by atoms with E-state index in [-0.39, 0.29) is 18.4 Å². The van der Waals surface area contributed by atoms with Crippen molar-refractivity contribution in [3.05, 3.63) is 17.7 Å². The van der Waals surface area contributed by atoms with Crippen LogP contribution in [0.3, 0.4) is 0 Å². The molecule has 0 saturated heterocycles. The number of thioether (sulfide) groups is 1. The van der Waals surface area contributed by atoms with E-state index in [1.54, 1.807) is 14.2 Å². The number of rotatable bonds is 8. The van der Waals surface area contributed by atoms with Crippen LogP contribution >= 0.6 is 24.2 Å². The first kappa shape index (κ1) is 19.4. The van der Waals surface area contributed by atoms with Gasteiger partial charge in [-0.2, -0.15) is 0 Å². The van der Waals surface area contributed by atoms with Crippen LogP contribution in [0.5, 0.6) is 11.5 Å². The first-order valence-electron chi connectivity index (χ1n) is 6.75. The van der Waals surface area contributed by atoms with E-state index in [0.29, 0.717) is 0 Å². The lowest BCUT2D eigenvalue weighted by molar-refractivity contribution is 0.389. The van der Waals surface area contributed by atoms with Crippen molar-refractivity contribution in [1.82, 2.24) is 0 Å². The molecule has 1 rings (SSSR count). The zero-order chi connectivity index (χ0) is 14.3. The SMILES string of the molecule is CCCCSc1cc(OC)c(CC(C)N)cc1OC.Cl. The van der Waals surface area contributed by atoms with Gasteiger partial charge in [0, 0.05) is 6.04 Å². The van der Waals surface area contributed by atoms with Crippen molar-refractivity contribution in [3.8, 4) is 11.5 Å². The molecule has 0 aliphatic carbocycles. The molecule has 1 atom stereocenters. The minimum Gasteiger partial charge on any atom is -0.496 e. The summed E-state index contributed by atoms with van der Waals surface area (Å²) in [6.07, 6.45) is 3.20. The van der Waals surface area contributed by atoms with Crippen LogP contribution in [-0.2, 0) is 6.42 Å². The van der Waals surface area contributed by atoms with Gasteiger partial charge < -0.3 is 15.2 Å². The van der Waals surface area contributed by atoms with Crippen molar-refractivity contribution in [2.75, 3.05) is 20.0 Å². The summed E-state index contributed by atoms with van der Waals surface area (Å²) in [5, 5.41) is 0. The molecule has 1 unspecified atom stereocenters. The average molecular weight is 320 g/mol. The molecule has 0 amide bonds. The topological polar surface area (TPSA) is 44.5 Å².